The second-order valence-corrected chi connectivity index (χ2v) is 9.66. The Morgan fingerprint density at radius 1 is 1.24 bits per heavy atom. The lowest BCUT2D eigenvalue weighted by Crippen LogP contribution is -2.48. The van der Waals surface area contributed by atoms with Gasteiger partial charge < -0.3 is 28.3 Å². The fraction of sp³-hybridized carbons (Fsp3) is 0.520. The van der Waals surface area contributed by atoms with Gasteiger partial charge in [-0.25, -0.2) is 4.79 Å². The van der Waals surface area contributed by atoms with E-state index in [1.54, 1.807) is 36.8 Å². The van der Waals surface area contributed by atoms with Crippen LogP contribution in [-0.4, -0.2) is 50.7 Å². The molecule has 0 N–H and O–H groups in total. The molecule has 1 unspecified atom stereocenters. The number of ether oxygens (including phenoxy) is 5. The number of halogens is 1. The van der Waals surface area contributed by atoms with Crippen LogP contribution in [0.3, 0.4) is 0 Å². The highest BCUT2D eigenvalue weighted by Gasteiger charge is 2.48. The van der Waals surface area contributed by atoms with Gasteiger partial charge in [0.1, 0.15) is 29.8 Å². The van der Waals surface area contributed by atoms with Crippen LogP contribution >= 0.6 is 11.6 Å². The summed E-state index contributed by atoms with van der Waals surface area (Å²) in [6.45, 7) is 5.78. The maximum atomic E-state index is 13.5. The molecule has 8 nitrogen and oxygen atoms in total. The van der Waals surface area contributed by atoms with Gasteiger partial charge in [-0.15, -0.1) is 0 Å². The lowest BCUT2D eigenvalue weighted by molar-refractivity contribution is -0.156. The quantitative estimate of drug-likeness (QED) is 0.406. The molecule has 3 aliphatic rings. The maximum absolute atomic E-state index is 13.5. The van der Waals surface area contributed by atoms with Crippen LogP contribution in [0.5, 0.6) is 11.5 Å². The first-order valence-corrected chi connectivity index (χ1v) is 11.9. The SMILES string of the molecule is CCOC(=O)c1cc2c(n(C3CC3)c1=O)-c1cc(Cl)c(OCCOC)cc1OC2C1(C)COC1. The van der Waals surface area contributed by atoms with Crippen LogP contribution in [-0.2, 0) is 14.2 Å². The molecule has 2 fully saturated rings. The Hall–Kier alpha value is -2.55. The van der Waals surface area contributed by atoms with E-state index in [9.17, 15) is 9.59 Å². The van der Waals surface area contributed by atoms with Crippen LogP contribution in [0.25, 0.3) is 11.3 Å². The molecule has 0 radical (unpaired) electrons. The zero-order valence-electron chi connectivity index (χ0n) is 19.5. The molecule has 2 aromatic rings. The van der Waals surface area contributed by atoms with E-state index in [2.05, 4.69) is 6.92 Å². The minimum Gasteiger partial charge on any atom is -0.489 e. The monoisotopic (exact) mass is 489 g/mol. The summed E-state index contributed by atoms with van der Waals surface area (Å²) in [4.78, 5) is 26.2. The Labute approximate surface area is 202 Å². The average molecular weight is 490 g/mol. The Balaban J connectivity index is 1.72. The highest BCUT2D eigenvalue weighted by atomic mass is 35.5. The summed E-state index contributed by atoms with van der Waals surface area (Å²) in [5.74, 6) is 0.447. The van der Waals surface area contributed by atoms with E-state index in [0.29, 0.717) is 48.5 Å². The highest BCUT2D eigenvalue weighted by molar-refractivity contribution is 6.32. The van der Waals surface area contributed by atoms with E-state index in [0.717, 1.165) is 24.1 Å². The van der Waals surface area contributed by atoms with Crippen molar-refractivity contribution in [1.82, 2.24) is 4.57 Å². The van der Waals surface area contributed by atoms with Gasteiger partial charge in [0.25, 0.3) is 5.56 Å². The molecule has 5 rings (SSSR count). The Bertz CT molecular complexity index is 1180. The molecule has 34 heavy (non-hydrogen) atoms. The van der Waals surface area contributed by atoms with Crippen molar-refractivity contribution in [2.75, 3.05) is 40.1 Å². The van der Waals surface area contributed by atoms with Crippen LogP contribution in [0, 0.1) is 5.41 Å². The number of fused-ring (bicyclic) bond motifs is 3. The average Bonchev–Trinajstić information content (AvgIpc) is 3.62. The third-order valence-corrected chi connectivity index (χ3v) is 6.82. The predicted molar refractivity (Wildman–Crippen MR) is 125 cm³/mol. The van der Waals surface area contributed by atoms with E-state index in [1.165, 1.54) is 0 Å². The van der Waals surface area contributed by atoms with Crippen molar-refractivity contribution in [2.45, 2.75) is 38.8 Å². The molecule has 1 aliphatic carbocycles. The standard InChI is InChI=1S/C25H28ClNO7/c1-4-32-24(29)17-9-16-21(27(23(17)28)14-5-6-14)15-10-18(26)20(33-8-7-30-3)11-19(15)34-22(16)25(2)12-31-13-25/h9-11,14,22H,4-8,12-13H2,1-3H3. The summed E-state index contributed by atoms with van der Waals surface area (Å²) in [6, 6.07) is 5.20. The molecule has 0 bridgehead atoms. The predicted octanol–water partition coefficient (Wildman–Crippen LogP) is 4.18. The topological polar surface area (TPSA) is 85.2 Å². The van der Waals surface area contributed by atoms with Crippen LogP contribution in [0.4, 0.5) is 0 Å². The van der Waals surface area contributed by atoms with Crippen molar-refractivity contribution in [2.24, 2.45) is 5.41 Å². The largest absolute Gasteiger partial charge is 0.489 e. The maximum Gasteiger partial charge on any atom is 0.343 e. The summed E-state index contributed by atoms with van der Waals surface area (Å²) in [5, 5.41) is 0.408. The summed E-state index contributed by atoms with van der Waals surface area (Å²) in [7, 11) is 1.60. The number of aromatic nitrogens is 1. The molecule has 1 atom stereocenters. The number of methoxy groups -OCH3 is 1. The molecular weight excluding hydrogens is 462 g/mol. The van der Waals surface area contributed by atoms with Crippen LogP contribution in [0.2, 0.25) is 5.02 Å². The number of esters is 1. The van der Waals surface area contributed by atoms with Gasteiger partial charge >= 0.3 is 5.97 Å². The first-order valence-electron chi connectivity index (χ1n) is 11.5. The number of benzene rings is 1. The molecule has 0 spiro atoms. The van der Waals surface area contributed by atoms with Crippen LogP contribution in [0.1, 0.15) is 54.8 Å². The van der Waals surface area contributed by atoms with Crippen LogP contribution < -0.4 is 15.0 Å². The summed E-state index contributed by atoms with van der Waals surface area (Å²) in [6.07, 6.45) is 1.31. The number of hydrogen-bond donors (Lipinski definition) is 0. The molecule has 182 valence electrons. The number of rotatable bonds is 8. The fourth-order valence-corrected chi connectivity index (χ4v) is 4.84. The number of carbonyl (C=O) groups is 1. The minimum atomic E-state index is -0.621. The zero-order valence-corrected chi connectivity index (χ0v) is 20.3. The Morgan fingerprint density at radius 2 is 2.00 bits per heavy atom. The van der Waals surface area contributed by atoms with E-state index in [-0.39, 0.29) is 29.2 Å². The van der Waals surface area contributed by atoms with Crippen molar-refractivity contribution < 1.29 is 28.5 Å². The third-order valence-electron chi connectivity index (χ3n) is 6.53. The lowest BCUT2D eigenvalue weighted by atomic mass is 9.76. The summed E-state index contributed by atoms with van der Waals surface area (Å²) >= 11 is 6.58. The first-order chi connectivity index (χ1) is 16.4. The number of pyridine rings is 1. The number of nitrogens with zero attached hydrogens (tertiary/aromatic N) is 1. The van der Waals surface area contributed by atoms with E-state index < -0.39 is 12.1 Å². The van der Waals surface area contributed by atoms with Crippen molar-refractivity contribution >= 4 is 17.6 Å². The molecule has 3 heterocycles. The molecule has 0 amide bonds. The summed E-state index contributed by atoms with van der Waals surface area (Å²) < 4.78 is 29.9. The van der Waals surface area contributed by atoms with E-state index in [4.69, 9.17) is 35.3 Å². The van der Waals surface area contributed by atoms with Gasteiger partial charge in [0.05, 0.1) is 42.6 Å². The van der Waals surface area contributed by atoms with Crippen molar-refractivity contribution in [3.8, 4) is 22.8 Å². The second kappa shape index (κ2) is 8.91. The van der Waals surface area contributed by atoms with Gasteiger partial charge in [0, 0.05) is 30.3 Å². The smallest absolute Gasteiger partial charge is 0.343 e. The molecular formula is C25H28ClNO7. The van der Waals surface area contributed by atoms with Crippen molar-refractivity contribution in [1.29, 1.82) is 0 Å². The van der Waals surface area contributed by atoms with Gasteiger partial charge in [-0.1, -0.05) is 18.5 Å². The van der Waals surface area contributed by atoms with Gasteiger partial charge in [-0.2, -0.15) is 0 Å². The third kappa shape index (κ3) is 3.87. The first kappa shape index (κ1) is 23.2. The molecule has 1 aromatic heterocycles. The molecule has 9 heteroatoms. The molecule has 1 saturated carbocycles. The molecule has 1 aromatic carbocycles. The Morgan fingerprint density at radius 3 is 2.62 bits per heavy atom. The van der Waals surface area contributed by atoms with Crippen molar-refractivity contribution in [3.63, 3.8) is 0 Å². The zero-order chi connectivity index (χ0) is 24.0. The number of carbonyl (C=O) groups excluding carboxylic acids is 1. The van der Waals surface area contributed by atoms with E-state index >= 15 is 0 Å². The van der Waals surface area contributed by atoms with Gasteiger partial charge in [-0.05, 0) is 31.9 Å². The molecule has 1 saturated heterocycles. The van der Waals surface area contributed by atoms with Gasteiger partial charge in [-0.3, -0.25) is 4.79 Å². The fourth-order valence-electron chi connectivity index (χ4n) is 4.62. The number of hydrogen-bond acceptors (Lipinski definition) is 7. The summed E-state index contributed by atoms with van der Waals surface area (Å²) in [5.41, 5.74) is 1.58. The molecule has 2 aliphatic heterocycles. The Kier molecular flexibility index (Phi) is 6.08. The lowest BCUT2D eigenvalue weighted by Gasteiger charge is -2.46. The van der Waals surface area contributed by atoms with Crippen LogP contribution in [0.15, 0.2) is 23.0 Å². The second-order valence-electron chi connectivity index (χ2n) is 9.25. The van der Waals surface area contributed by atoms with Gasteiger partial charge in [0.2, 0.25) is 0 Å². The van der Waals surface area contributed by atoms with E-state index in [1.807, 2.05) is 0 Å². The normalized spacial score (nSPS) is 19.9. The highest BCUT2D eigenvalue weighted by Crippen LogP contribution is 2.54. The van der Waals surface area contributed by atoms with Crippen molar-refractivity contribution in [3.05, 3.63) is 44.7 Å². The van der Waals surface area contributed by atoms with Gasteiger partial charge in [0.15, 0.2) is 0 Å². The minimum absolute atomic E-state index is 0.0177.